The maximum absolute atomic E-state index is 12.6. The molecule has 1 aliphatic carbocycles. The molecule has 0 saturated heterocycles. The molecule has 3 unspecified atom stereocenters. The Balaban J connectivity index is 2.29. The summed E-state index contributed by atoms with van der Waals surface area (Å²) in [5.74, 6) is -1.23. The van der Waals surface area contributed by atoms with Crippen LogP contribution in [0.2, 0.25) is 0 Å². The van der Waals surface area contributed by atoms with E-state index in [2.05, 4.69) is 0 Å². The molecule has 0 radical (unpaired) electrons. The Morgan fingerprint density at radius 3 is 2.58 bits per heavy atom. The lowest BCUT2D eigenvalue weighted by atomic mass is 9.74. The first-order valence-electron chi connectivity index (χ1n) is 8.05. The zero-order valence-corrected chi connectivity index (χ0v) is 13.9. The van der Waals surface area contributed by atoms with E-state index >= 15 is 0 Å². The Bertz CT molecular complexity index is 584. The van der Waals surface area contributed by atoms with Crippen molar-refractivity contribution in [2.75, 3.05) is 6.61 Å². The topological polar surface area (TPSA) is 78.9 Å². The number of ether oxygens (including phenoxy) is 3. The first-order chi connectivity index (χ1) is 11.5. The molecule has 24 heavy (non-hydrogen) atoms. The highest BCUT2D eigenvalue weighted by Gasteiger charge is 2.53. The van der Waals surface area contributed by atoms with E-state index in [9.17, 15) is 14.4 Å². The van der Waals surface area contributed by atoms with E-state index < -0.39 is 29.6 Å². The van der Waals surface area contributed by atoms with Crippen LogP contribution < -0.4 is 4.74 Å². The van der Waals surface area contributed by atoms with Gasteiger partial charge < -0.3 is 19.0 Å². The van der Waals surface area contributed by atoms with Crippen LogP contribution >= 0.6 is 0 Å². The lowest BCUT2D eigenvalue weighted by Gasteiger charge is -2.41. The second-order valence-electron chi connectivity index (χ2n) is 5.77. The molecule has 1 aromatic rings. The Hall–Kier alpha value is -2.37. The van der Waals surface area contributed by atoms with Crippen molar-refractivity contribution < 1.29 is 28.6 Å². The predicted octanol–water partition coefficient (Wildman–Crippen LogP) is 2.30. The minimum Gasteiger partial charge on any atom is -0.475 e. The van der Waals surface area contributed by atoms with E-state index in [4.69, 9.17) is 14.2 Å². The fourth-order valence-corrected chi connectivity index (χ4v) is 3.03. The molecule has 0 bridgehead atoms. The van der Waals surface area contributed by atoms with Crippen LogP contribution in [0.5, 0.6) is 5.75 Å². The van der Waals surface area contributed by atoms with Gasteiger partial charge in [-0.2, -0.15) is 0 Å². The average molecular weight is 334 g/mol. The van der Waals surface area contributed by atoms with E-state index in [0.717, 1.165) is 0 Å². The third kappa shape index (κ3) is 3.93. The molecule has 0 N–H and O–H groups in total. The smallest absolute Gasteiger partial charge is 0.351 e. The summed E-state index contributed by atoms with van der Waals surface area (Å²) < 4.78 is 16.3. The van der Waals surface area contributed by atoms with Gasteiger partial charge in [0.05, 0.1) is 12.5 Å². The Morgan fingerprint density at radius 1 is 1.29 bits per heavy atom. The zero-order chi connectivity index (χ0) is 17.6. The number of carbonyl (C=O) groups excluding carboxylic acids is 3. The van der Waals surface area contributed by atoms with Gasteiger partial charge in [0.2, 0.25) is 5.60 Å². The van der Waals surface area contributed by atoms with Gasteiger partial charge in [-0.3, -0.25) is 4.79 Å². The van der Waals surface area contributed by atoms with E-state index in [1.54, 1.807) is 31.2 Å². The van der Waals surface area contributed by atoms with Gasteiger partial charge in [0.25, 0.3) is 0 Å². The van der Waals surface area contributed by atoms with Gasteiger partial charge in [0.1, 0.15) is 18.1 Å². The molecular weight excluding hydrogens is 312 g/mol. The number of rotatable bonds is 6. The molecule has 1 aliphatic rings. The normalized spacial score (nSPS) is 26.2. The largest absolute Gasteiger partial charge is 0.475 e. The molecule has 1 aromatic carbocycles. The predicted molar refractivity (Wildman–Crippen MR) is 85.4 cm³/mol. The van der Waals surface area contributed by atoms with Crippen LogP contribution in [0.4, 0.5) is 0 Å². The molecule has 2 rings (SSSR count). The summed E-state index contributed by atoms with van der Waals surface area (Å²) in [7, 11) is 0. The third-order valence-corrected chi connectivity index (χ3v) is 4.11. The van der Waals surface area contributed by atoms with Crippen molar-refractivity contribution in [1.29, 1.82) is 0 Å². The molecule has 0 aliphatic heterocycles. The fraction of sp³-hybridized carbons (Fsp3) is 0.500. The Labute approximate surface area is 141 Å². The summed E-state index contributed by atoms with van der Waals surface area (Å²) >= 11 is 0. The maximum atomic E-state index is 12.6. The van der Waals surface area contributed by atoms with Crippen LogP contribution in [0.25, 0.3) is 0 Å². The number of esters is 2. The fourth-order valence-electron chi connectivity index (χ4n) is 3.03. The van der Waals surface area contributed by atoms with Crippen molar-refractivity contribution in [3.63, 3.8) is 0 Å². The van der Waals surface area contributed by atoms with Crippen LogP contribution in [0, 0.1) is 5.92 Å². The van der Waals surface area contributed by atoms with Gasteiger partial charge >= 0.3 is 11.9 Å². The number of benzene rings is 1. The summed E-state index contributed by atoms with van der Waals surface area (Å²) in [6.07, 6.45) is 1.18. The van der Waals surface area contributed by atoms with Crippen molar-refractivity contribution in [2.24, 2.45) is 5.92 Å². The minimum absolute atomic E-state index is 0.192. The molecular formula is C18H22O6. The van der Waals surface area contributed by atoms with Crippen molar-refractivity contribution in [1.82, 2.24) is 0 Å². The summed E-state index contributed by atoms with van der Waals surface area (Å²) in [5.41, 5.74) is -1.39. The van der Waals surface area contributed by atoms with Crippen LogP contribution in [0.3, 0.4) is 0 Å². The van der Waals surface area contributed by atoms with E-state index in [-0.39, 0.29) is 19.4 Å². The molecule has 130 valence electrons. The molecule has 1 saturated carbocycles. The van der Waals surface area contributed by atoms with Crippen molar-refractivity contribution in [3.05, 3.63) is 30.3 Å². The summed E-state index contributed by atoms with van der Waals surface area (Å²) in [4.78, 5) is 35.4. The zero-order valence-electron chi connectivity index (χ0n) is 13.9. The first kappa shape index (κ1) is 18.0. The van der Waals surface area contributed by atoms with Crippen molar-refractivity contribution in [3.8, 4) is 5.75 Å². The third-order valence-electron chi connectivity index (χ3n) is 4.11. The second kappa shape index (κ2) is 7.95. The lowest BCUT2D eigenvalue weighted by molar-refractivity contribution is -0.177. The molecule has 6 nitrogen and oxygen atoms in total. The Kier molecular flexibility index (Phi) is 5.95. The van der Waals surface area contributed by atoms with Gasteiger partial charge in [-0.15, -0.1) is 0 Å². The van der Waals surface area contributed by atoms with Gasteiger partial charge in [0.15, 0.2) is 0 Å². The second-order valence-corrected chi connectivity index (χ2v) is 5.77. The monoisotopic (exact) mass is 334 g/mol. The highest BCUT2D eigenvalue weighted by molar-refractivity contribution is 5.85. The number of aldehydes is 1. The summed E-state index contributed by atoms with van der Waals surface area (Å²) in [6.45, 7) is 3.22. The van der Waals surface area contributed by atoms with Crippen molar-refractivity contribution in [2.45, 2.75) is 44.8 Å². The van der Waals surface area contributed by atoms with Gasteiger partial charge in [-0.25, -0.2) is 4.79 Å². The number of para-hydroxylation sites is 1. The average Bonchev–Trinajstić information content (AvgIpc) is 2.57. The van der Waals surface area contributed by atoms with Crippen LogP contribution in [0.15, 0.2) is 30.3 Å². The minimum atomic E-state index is -1.39. The van der Waals surface area contributed by atoms with Crippen LogP contribution in [-0.4, -0.2) is 36.5 Å². The van der Waals surface area contributed by atoms with Crippen molar-refractivity contribution >= 4 is 18.2 Å². The van der Waals surface area contributed by atoms with E-state index in [1.165, 1.54) is 6.92 Å². The van der Waals surface area contributed by atoms with E-state index in [0.29, 0.717) is 18.5 Å². The molecule has 1 fully saturated rings. The quantitative estimate of drug-likeness (QED) is 0.587. The summed E-state index contributed by atoms with van der Waals surface area (Å²) in [5, 5.41) is 0. The highest BCUT2D eigenvalue weighted by Crippen LogP contribution is 2.39. The van der Waals surface area contributed by atoms with Gasteiger partial charge in [0, 0.05) is 13.3 Å². The maximum Gasteiger partial charge on any atom is 0.351 e. The first-order valence-corrected chi connectivity index (χ1v) is 8.05. The standard InChI is InChI=1S/C18H22O6/c1-3-22-17(21)18(24-15-7-5-4-6-8-15)10-9-16(23-13(2)20)11-14(18)12-19/h4-8,12,14,16H,3,9-11H2,1-2H3. The Morgan fingerprint density at radius 2 is 2.00 bits per heavy atom. The molecule has 0 amide bonds. The van der Waals surface area contributed by atoms with Gasteiger partial charge in [-0.05, 0) is 31.9 Å². The number of hydrogen-bond acceptors (Lipinski definition) is 6. The highest BCUT2D eigenvalue weighted by atomic mass is 16.6. The van der Waals surface area contributed by atoms with Crippen LogP contribution in [0.1, 0.15) is 33.1 Å². The molecule has 0 heterocycles. The van der Waals surface area contributed by atoms with Gasteiger partial charge in [-0.1, -0.05) is 18.2 Å². The number of hydrogen-bond donors (Lipinski definition) is 0. The number of carbonyl (C=O) groups is 3. The SMILES string of the molecule is CCOC(=O)C1(Oc2ccccc2)CCC(OC(C)=O)CC1C=O. The molecule has 0 spiro atoms. The lowest BCUT2D eigenvalue weighted by Crippen LogP contribution is -2.56. The molecule has 3 atom stereocenters. The molecule has 0 aromatic heterocycles. The van der Waals surface area contributed by atoms with Crippen LogP contribution in [-0.2, 0) is 23.9 Å². The molecule has 6 heteroatoms. The van der Waals surface area contributed by atoms with E-state index in [1.807, 2.05) is 6.07 Å². The summed E-state index contributed by atoms with van der Waals surface area (Å²) in [6, 6.07) is 8.85.